The molecule has 2 atom stereocenters. The Morgan fingerprint density at radius 3 is 2.87 bits per heavy atom. The van der Waals surface area contributed by atoms with Crippen LogP contribution in [-0.4, -0.2) is 47.8 Å². The summed E-state index contributed by atoms with van der Waals surface area (Å²) in [5, 5.41) is 8.91. The van der Waals surface area contributed by atoms with Gasteiger partial charge in [-0.1, -0.05) is 6.92 Å². The number of nitrogens with zero attached hydrogens (tertiary/aromatic N) is 1. The number of carboxylic acid groups (broad SMARTS) is 1. The lowest BCUT2D eigenvalue weighted by Gasteiger charge is -2.36. The van der Waals surface area contributed by atoms with Crippen molar-refractivity contribution in [1.29, 1.82) is 0 Å². The average molecular weight is 213 g/mol. The van der Waals surface area contributed by atoms with Crippen molar-refractivity contribution < 1.29 is 14.6 Å². The molecule has 1 aliphatic heterocycles. The van der Waals surface area contributed by atoms with Gasteiger partial charge in [-0.05, 0) is 25.2 Å². The van der Waals surface area contributed by atoms with Gasteiger partial charge in [-0.25, -0.2) is 4.79 Å². The Bertz CT molecular complexity index is 240. The molecule has 0 spiro atoms. The van der Waals surface area contributed by atoms with Crippen molar-refractivity contribution in [2.75, 3.05) is 19.7 Å². The number of morpholine rings is 1. The minimum atomic E-state index is -0.828. The highest BCUT2D eigenvalue weighted by atomic mass is 16.5. The second kappa shape index (κ2) is 4.49. The predicted octanol–water partition coefficient (Wildman–Crippen LogP) is 0.960. The summed E-state index contributed by atoms with van der Waals surface area (Å²) >= 11 is 0. The van der Waals surface area contributed by atoms with Crippen LogP contribution in [0.25, 0.3) is 0 Å². The fraction of sp³-hybridized carbons (Fsp3) is 0.909. The van der Waals surface area contributed by atoms with Gasteiger partial charge in [-0.2, -0.15) is 0 Å². The van der Waals surface area contributed by atoms with Crippen molar-refractivity contribution in [1.82, 2.24) is 4.90 Å². The maximum Gasteiger partial charge on any atom is 0.334 e. The average Bonchev–Trinajstić information content (AvgIpc) is 3.04. The van der Waals surface area contributed by atoms with E-state index in [4.69, 9.17) is 9.84 Å². The van der Waals surface area contributed by atoms with E-state index in [2.05, 4.69) is 11.8 Å². The minimum Gasteiger partial charge on any atom is -0.479 e. The van der Waals surface area contributed by atoms with Gasteiger partial charge in [0.05, 0.1) is 6.61 Å². The van der Waals surface area contributed by atoms with E-state index in [1.54, 1.807) is 0 Å². The molecule has 0 radical (unpaired) electrons. The van der Waals surface area contributed by atoms with E-state index in [9.17, 15) is 4.79 Å². The molecule has 15 heavy (non-hydrogen) atoms. The summed E-state index contributed by atoms with van der Waals surface area (Å²) in [6.07, 6.45) is 3.13. The molecule has 2 fully saturated rings. The molecule has 2 unspecified atom stereocenters. The molecule has 0 aromatic rings. The van der Waals surface area contributed by atoms with Crippen LogP contribution >= 0.6 is 0 Å². The number of hydrogen-bond donors (Lipinski definition) is 1. The number of rotatable bonds is 4. The molecule has 1 saturated heterocycles. The lowest BCUT2D eigenvalue weighted by molar-refractivity contribution is -0.157. The molecule has 2 aliphatic rings. The van der Waals surface area contributed by atoms with Crippen LogP contribution < -0.4 is 0 Å². The van der Waals surface area contributed by atoms with Crippen molar-refractivity contribution in [2.45, 2.75) is 38.3 Å². The second-order valence-corrected chi connectivity index (χ2v) is 4.51. The molecule has 4 heteroatoms. The van der Waals surface area contributed by atoms with Crippen LogP contribution in [-0.2, 0) is 9.53 Å². The van der Waals surface area contributed by atoms with Crippen LogP contribution in [0.5, 0.6) is 0 Å². The van der Waals surface area contributed by atoms with Crippen molar-refractivity contribution in [2.24, 2.45) is 5.92 Å². The maximum atomic E-state index is 10.8. The summed E-state index contributed by atoms with van der Waals surface area (Å²) in [7, 11) is 0. The van der Waals surface area contributed by atoms with Crippen molar-refractivity contribution in [3.05, 3.63) is 0 Å². The SMILES string of the molecule is CCC(C1CC1)N1CCOC(C(=O)O)C1. The Morgan fingerprint density at radius 1 is 1.60 bits per heavy atom. The zero-order chi connectivity index (χ0) is 10.8. The quantitative estimate of drug-likeness (QED) is 0.755. The van der Waals surface area contributed by atoms with Crippen LogP contribution in [0, 0.1) is 5.92 Å². The Hall–Kier alpha value is -0.610. The molecule has 1 saturated carbocycles. The van der Waals surface area contributed by atoms with Crippen molar-refractivity contribution in [3.63, 3.8) is 0 Å². The number of ether oxygens (including phenoxy) is 1. The molecule has 2 rings (SSSR count). The lowest BCUT2D eigenvalue weighted by Crippen LogP contribution is -2.50. The number of hydrogen-bond acceptors (Lipinski definition) is 3. The topological polar surface area (TPSA) is 49.8 Å². The fourth-order valence-electron chi connectivity index (χ4n) is 2.49. The first-order chi connectivity index (χ1) is 7.22. The Morgan fingerprint density at radius 2 is 2.33 bits per heavy atom. The molecule has 1 N–H and O–H groups in total. The number of carboxylic acids is 1. The Kier molecular flexibility index (Phi) is 3.26. The third kappa shape index (κ3) is 2.49. The van der Waals surface area contributed by atoms with Gasteiger partial charge in [0.1, 0.15) is 0 Å². The third-order valence-electron chi connectivity index (χ3n) is 3.43. The summed E-state index contributed by atoms with van der Waals surface area (Å²) in [5.74, 6) is -0.0205. The van der Waals surface area contributed by atoms with Crippen LogP contribution in [0.3, 0.4) is 0 Å². The number of aliphatic carboxylic acids is 1. The standard InChI is InChI=1S/C11H19NO3/c1-2-9(8-3-4-8)12-5-6-15-10(7-12)11(13)14/h8-10H,2-7H2,1H3,(H,13,14). The monoisotopic (exact) mass is 213 g/mol. The van der Waals surface area contributed by atoms with E-state index >= 15 is 0 Å². The van der Waals surface area contributed by atoms with E-state index in [1.165, 1.54) is 12.8 Å². The fourth-order valence-corrected chi connectivity index (χ4v) is 2.49. The van der Waals surface area contributed by atoms with Gasteiger partial charge in [0.25, 0.3) is 0 Å². The van der Waals surface area contributed by atoms with Crippen LogP contribution in [0.2, 0.25) is 0 Å². The van der Waals surface area contributed by atoms with Gasteiger partial charge >= 0.3 is 5.97 Å². The highest BCUT2D eigenvalue weighted by Gasteiger charge is 2.37. The Balaban J connectivity index is 1.93. The molecular formula is C11H19NO3. The Labute approximate surface area is 90.2 Å². The first-order valence-electron chi connectivity index (χ1n) is 5.80. The van der Waals surface area contributed by atoms with Gasteiger partial charge in [0.2, 0.25) is 0 Å². The predicted molar refractivity (Wildman–Crippen MR) is 55.8 cm³/mol. The molecule has 0 amide bonds. The summed E-state index contributed by atoms with van der Waals surface area (Å²) in [6.45, 7) is 4.19. The van der Waals surface area contributed by atoms with Crippen LogP contribution in [0.1, 0.15) is 26.2 Å². The maximum absolute atomic E-state index is 10.8. The molecular weight excluding hydrogens is 194 g/mol. The van der Waals surface area contributed by atoms with E-state index in [0.717, 1.165) is 18.9 Å². The van der Waals surface area contributed by atoms with E-state index in [0.29, 0.717) is 19.2 Å². The minimum absolute atomic E-state index is 0.556. The van der Waals surface area contributed by atoms with Gasteiger partial charge < -0.3 is 9.84 Å². The third-order valence-corrected chi connectivity index (χ3v) is 3.43. The van der Waals surface area contributed by atoms with Crippen LogP contribution in [0.15, 0.2) is 0 Å². The van der Waals surface area contributed by atoms with E-state index in [1.807, 2.05) is 0 Å². The van der Waals surface area contributed by atoms with Gasteiger partial charge in [0, 0.05) is 19.1 Å². The van der Waals surface area contributed by atoms with Gasteiger partial charge in [0.15, 0.2) is 6.10 Å². The van der Waals surface area contributed by atoms with E-state index < -0.39 is 12.1 Å². The summed E-state index contributed by atoms with van der Waals surface area (Å²) in [6, 6.07) is 0.579. The largest absolute Gasteiger partial charge is 0.479 e. The van der Waals surface area contributed by atoms with Crippen molar-refractivity contribution >= 4 is 5.97 Å². The normalized spacial score (nSPS) is 30.1. The van der Waals surface area contributed by atoms with E-state index in [-0.39, 0.29) is 0 Å². The first kappa shape index (κ1) is 10.9. The first-order valence-corrected chi connectivity index (χ1v) is 5.80. The summed E-state index contributed by atoms with van der Waals surface area (Å²) in [4.78, 5) is 13.2. The second-order valence-electron chi connectivity index (χ2n) is 4.51. The molecule has 1 aliphatic carbocycles. The van der Waals surface area contributed by atoms with Crippen LogP contribution in [0.4, 0.5) is 0 Å². The highest BCUT2D eigenvalue weighted by molar-refractivity contribution is 5.72. The molecule has 0 bridgehead atoms. The summed E-state index contributed by atoms with van der Waals surface area (Å²) < 4.78 is 5.22. The van der Waals surface area contributed by atoms with Crippen molar-refractivity contribution in [3.8, 4) is 0 Å². The highest BCUT2D eigenvalue weighted by Crippen LogP contribution is 2.37. The molecule has 1 heterocycles. The lowest BCUT2D eigenvalue weighted by atomic mass is 10.1. The summed E-state index contributed by atoms with van der Waals surface area (Å²) in [5.41, 5.74) is 0. The van der Waals surface area contributed by atoms with Gasteiger partial charge in [-0.3, -0.25) is 4.90 Å². The smallest absolute Gasteiger partial charge is 0.334 e. The molecule has 0 aromatic carbocycles. The number of carbonyl (C=O) groups is 1. The molecule has 4 nitrogen and oxygen atoms in total. The molecule has 0 aromatic heterocycles. The van der Waals surface area contributed by atoms with Gasteiger partial charge in [-0.15, -0.1) is 0 Å². The zero-order valence-electron chi connectivity index (χ0n) is 9.19. The zero-order valence-corrected chi connectivity index (χ0v) is 9.19. The molecule has 86 valence electrons.